The molecule has 0 aromatic carbocycles. The molecule has 2 N–H and O–H groups in total. The lowest BCUT2D eigenvalue weighted by Gasteiger charge is -2.05. The van der Waals surface area contributed by atoms with Crippen LogP contribution >= 0.6 is 11.8 Å². The average molecular weight is 289 g/mol. The van der Waals surface area contributed by atoms with Crippen molar-refractivity contribution in [2.24, 2.45) is 0 Å². The monoisotopic (exact) mass is 289 g/mol. The highest BCUT2D eigenvalue weighted by Gasteiger charge is 2.06. The second-order valence-corrected chi connectivity index (χ2v) is 4.81. The Hall–Kier alpha value is -2.41. The van der Waals surface area contributed by atoms with Gasteiger partial charge in [-0.05, 0) is 24.3 Å². The molecular weight excluding hydrogens is 278 g/mol. The van der Waals surface area contributed by atoms with Gasteiger partial charge in [0.05, 0.1) is 17.6 Å². The van der Waals surface area contributed by atoms with Crippen LogP contribution in [0.25, 0.3) is 0 Å². The fourth-order valence-electron chi connectivity index (χ4n) is 1.37. The first-order valence-corrected chi connectivity index (χ1v) is 6.66. The maximum absolute atomic E-state index is 11.7. The van der Waals surface area contributed by atoms with E-state index in [1.165, 1.54) is 30.1 Å². The van der Waals surface area contributed by atoms with E-state index in [1.807, 2.05) is 12.1 Å². The molecule has 2 aromatic heterocycles. The standard InChI is InChI=1S/C13H11N3O3S/c17-12(8-20-10-3-5-14-6-4-10)16-9-1-2-11(13(18)19)15-7-9/h1-7H,8H2,(H,16,17)(H,18,19). The molecule has 2 rings (SSSR count). The van der Waals surface area contributed by atoms with Crippen LogP contribution in [0.5, 0.6) is 0 Å². The summed E-state index contributed by atoms with van der Waals surface area (Å²) in [6.07, 6.45) is 4.64. The maximum atomic E-state index is 11.7. The van der Waals surface area contributed by atoms with E-state index < -0.39 is 5.97 Å². The molecule has 2 aromatic rings. The van der Waals surface area contributed by atoms with Crippen LogP contribution in [0, 0.1) is 0 Å². The second kappa shape index (κ2) is 6.67. The Morgan fingerprint density at radius 2 is 1.95 bits per heavy atom. The van der Waals surface area contributed by atoms with E-state index >= 15 is 0 Å². The number of carboxylic acid groups (broad SMARTS) is 1. The molecule has 0 radical (unpaired) electrons. The van der Waals surface area contributed by atoms with Gasteiger partial charge in [-0.2, -0.15) is 0 Å². The van der Waals surface area contributed by atoms with E-state index in [-0.39, 0.29) is 17.4 Å². The summed E-state index contributed by atoms with van der Waals surface area (Å²) >= 11 is 1.39. The summed E-state index contributed by atoms with van der Waals surface area (Å²) in [5.41, 5.74) is 0.407. The number of rotatable bonds is 5. The summed E-state index contributed by atoms with van der Waals surface area (Å²) in [5, 5.41) is 11.4. The number of thioether (sulfide) groups is 1. The third kappa shape index (κ3) is 4.06. The van der Waals surface area contributed by atoms with Crippen molar-refractivity contribution in [1.29, 1.82) is 0 Å². The minimum absolute atomic E-state index is 0.0610. The van der Waals surface area contributed by atoms with Crippen molar-refractivity contribution in [2.75, 3.05) is 11.1 Å². The predicted molar refractivity (Wildman–Crippen MR) is 74.8 cm³/mol. The molecule has 0 aliphatic carbocycles. The summed E-state index contributed by atoms with van der Waals surface area (Å²) < 4.78 is 0. The van der Waals surface area contributed by atoms with Gasteiger partial charge >= 0.3 is 5.97 Å². The number of carbonyl (C=O) groups is 2. The molecule has 0 saturated carbocycles. The summed E-state index contributed by atoms with van der Waals surface area (Å²) in [4.78, 5) is 30.9. The predicted octanol–water partition coefficient (Wildman–Crippen LogP) is 1.91. The fourth-order valence-corrected chi connectivity index (χ4v) is 2.06. The number of amides is 1. The zero-order chi connectivity index (χ0) is 14.4. The van der Waals surface area contributed by atoms with Gasteiger partial charge in [0.25, 0.3) is 0 Å². The van der Waals surface area contributed by atoms with E-state index in [4.69, 9.17) is 5.11 Å². The van der Waals surface area contributed by atoms with Gasteiger partial charge in [0.15, 0.2) is 0 Å². The lowest BCUT2D eigenvalue weighted by atomic mass is 10.3. The van der Waals surface area contributed by atoms with E-state index in [1.54, 1.807) is 12.4 Å². The minimum Gasteiger partial charge on any atom is -0.477 e. The van der Waals surface area contributed by atoms with E-state index in [2.05, 4.69) is 15.3 Å². The van der Waals surface area contributed by atoms with Gasteiger partial charge < -0.3 is 10.4 Å². The first-order valence-electron chi connectivity index (χ1n) is 5.67. The molecule has 0 saturated heterocycles. The van der Waals surface area contributed by atoms with Crippen molar-refractivity contribution >= 4 is 29.3 Å². The van der Waals surface area contributed by atoms with Crippen molar-refractivity contribution < 1.29 is 14.7 Å². The molecule has 6 nitrogen and oxygen atoms in total. The van der Waals surface area contributed by atoms with Gasteiger partial charge in [-0.1, -0.05) is 0 Å². The summed E-state index contributed by atoms with van der Waals surface area (Å²) in [6.45, 7) is 0. The number of nitrogens with zero attached hydrogens (tertiary/aromatic N) is 2. The van der Waals surface area contributed by atoms with Crippen LogP contribution in [0.3, 0.4) is 0 Å². The number of aromatic carboxylic acids is 1. The topological polar surface area (TPSA) is 92.2 Å². The zero-order valence-electron chi connectivity index (χ0n) is 10.3. The lowest BCUT2D eigenvalue weighted by Crippen LogP contribution is -2.14. The Morgan fingerprint density at radius 3 is 2.55 bits per heavy atom. The number of hydrogen-bond acceptors (Lipinski definition) is 5. The van der Waals surface area contributed by atoms with Gasteiger partial charge in [0.1, 0.15) is 5.69 Å². The van der Waals surface area contributed by atoms with E-state index in [0.29, 0.717) is 5.69 Å². The highest BCUT2D eigenvalue weighted by molar-refractivity contribution is 8.00. The third-order valence-electron chi connectivity index (χ3n) is 2.29. The molecule has 7 heteroatoms. The molecule has 1 amide bonds. The molecule has 2 heterocycles. The van der Waals surface area contributed by atoms with Gasteiger partial charge in [0.2, 0.25) is 5.91 Å². The van der Waals surface area contributed by atoms with Crippen LogP contribution in [-0.2, 0) is 4.79 Å². The minimum atomic E-state index is -1.10. The van der Waals surface area contributed by atoms with Crippen LogP contribution in [0.4, 0.5) is 5.69 Å². The molecule has 0 fully saturated rings. The Labute approximate surface area is 119 Å². The molecule has 20 heavy (non-hydrogen) atoms. The summed E-state index contributed by atoms with van der Waals surface area (Å²) in [6, 6.07) is 6.49. The van der Waals surface area contributed by atoms with Crippen molar-refractivity contribution in [1.82, 2.24) is 9.97 Å². The number of nitrogens with one attached hydrogen (secondary N) is 1. The fraction of sp³-hybridized carbons (Fsp3) is 0.0769. The van der Waals surface area contributed by atoms with Gasteiger partial charge in [-0.15, -0.1) is 11.8 Å². The SMILES string of the molecule is O=C(CSc1ccncc1)Nc1ccc(C(=O)O)nc1. The van der Waals surface area contributed by atoms with E-state index in [0.717, 1.165) is 4.90 Å². The largest absolute Gasteiger partial charge is 0.477 e. The highest BCUT2D eigenvalue weighted by Crippen LogP contribution is 2.16. The maximum Gasteiger partial charge on any atom is 0.354 e. The molecule has 0 atom stereocenters. The number of pyridine rings is 2. The second-order valence-electron chi connectivity index (χ2n) is 3.76. The van der Waals surface area contributed by atoms with Crippen molar-refractivity contribution in [3.8, 4) is 0 Å². The van der Waals surface area contributed by atoms with E-state index in [9.17, 15) is 9.59 Å². The number of aromatic nitrogens is 2. The van der Waals surface area contributed by atoms with Crippen molar-refractivity contribution in [3.63, 3.8) is 0 Å². The number of carbonyl (C=O) groups excluding carboxylic acids is 1. The first-order chi connectivity index (χ1) is 9.65. The Morgan fingerprint density at radius 1 is 1.20 bits per heavy atom. The molecule has 0 spiro atoms. The quantitative estimate of drug-likeness (QED) is 0.817. The number of anilines is 1. The number of carboxylic acids is 1. The third-order valence-corrected chi connectivity index (χ3v) is 3.30. The molecular formula is C13H11N3O3S. The zero-order valence-corrected chi connectivity index (χ0v) is 11.1. The molecule has 0 bridgehead atoms. The van der Waals surface area contributed by atoms with Crippen molar-refractivity contribution in [3.05, 3.63) is 48.5 Å². The molecule has 0 aliphatic heterocycles. The van der Waals surface area contributed by atoms with Crippen LogP contribution in [0.1, 0.15) is 10.5 Å². The highest BCUT2D eigenvalue weighted by atomic mass is 32.2. The van der Waals surface area contributed by atoms with Crippen LogP contribution in [-0.4, -0.2) is 32.7 Å². The lowest BCUT2D eigenvalue weighted by molar-refractivity contribution is -0.113. The molecule has 0 unspecified atom stereocenters. The first kappa shape index (κ1) is 14.0. The summed E-state index contributed by atoms with van der Waals surface area (Å²) in [5.74, 6) is -1.03. The van der Waals surface area contributed by atoms with Crippen molar-refractivity contribution in [2.45, 2.75) is 4.90 Å². The molecule has 102 valence electrons. The van der Waals surface area contributed by atoms with Crippen LogP contribution in [0.15, 0.2) is 47.8 Å². The smallest absolute Gasteiger partial charge is 0.354 e. The Kier molecular flexibility index (Phi) is 4.67. The molecule has 0 aliphatic rings. The average Bonchev–Trinajstić information content (AvgIpc) is 2.47. The van der Waals surface area contributed by atoms with Crippen LogP contribution in [0.2, 0.25) is 0 Å². The Bertz CT molecular complexity index is 602. The van der Waals surface area contributed by atoms with Gasteiger partial charge in [-0.25, -0.2) is 9.78 Å². The van der Waals surface area contributed by atoms with Crippen LogP contribution < -0.4 is 5.32 Å². The van der Waals surface area contributed by atoms with Gasteiger partial charge in [-0.3, -0.25) is 9.78 Å². The van der Waals surface area contributed by atoms with Gasteiger partial charge in [0, 0.05) is 17.3 Å². The Balaban J connectivity index is 1.86. The number of hydrogen-bond donors (Lipinski definition) is 2. The summed E-state index contributed by atoms with van der Waals surface area (Å²) in [7, 11) is 0. The normalized spacial score (nSPS) is 10.0.